The molecule has 1 fully saturated rings. The Morgan fingerprint density at radius 1 is 0.833 bits per heavy atom. The van der Waals surface area contributed by atoms with Crippen molar-refractivity contribution < 1.29 is 14.5 Å². The smallest absolute Gasteiger partial charge is 0.292 e. The van der Waals surface area contributed by atoms with Gasteiger partial charge in [-0.25, -0.2) is 0 Å². The molecule has 3 aromatic carbocycles. The Morgan fingerprint density at radius 3 is 2.11 bits per heavy atom. The van der Waals surface area contributed by atoms with E-state index in [1.54, 1.807) is 36.4 Å². The minimum absolute atomic E-state index is 0.00948. The van der Waals surface area contributed by atoms with E-state index in [9.17, 15) is 19.7 Å². The summed E-state index contributed by atoms with van der Waals surface area (Å²) in [5, 5.41) is 14.7. The van der Waals surface area contributed by atoms with E-state index in [-0.39, 0.29) is 28.0 Å². The predicted octanol–water partition coefficient (Wildman–Crippen LogP) is 4.86. The van der Waals surface area contributed by atoms with Gasteiger partial charge >= 0.3 is 0 Å². The summed E-state index contributed by atoms with van der Waals surface area (Å²) < 4.78 is 0. The number of Topliss-reactive ketones (excluding diaryl/α,β-unsaturated/α-hetero) is 2. The number of anilines is 2. The zero-order chi connectivity index (χ0) is 25.2. The summed E-state index contributed by atoms with van der Waals surface area (Å²) >= 11 is 6.38. The molecule has 0 aromatic heterocycles. The van der Waals surface area contributed by atoms with Crippen molar-refractivity contribution in [2.45, 2.75) is 6.54 Å². The van der Waals surface area contributed by atoms with Gasteiger partial charge in [-0.1, -0.05) is 66.2 Å². The van der Waals surface area contributed by atoms with Crippen LogP contribution in [0.3, 0.4) is 0 Å². The van der Waals surface area contributed by atoms with Gasteiger partial charge in [0.2, 0.25) is 11.6 Å². The Kier molecular flexibility index (Phi) is 6.43. The lowest BCUT2D eigenvalue weighted by Gasteiger charge is -2.39. The fraction of sp³-hybridized carbons (Fsp3) is 0.185. The van der Waals surface area contributed by atoms with Crippen LogP contribution < -0.4 is 10.2 Å². The van der Waals surface area contributed by atoms with Crippen molar-refractivity contribution in [3.8, 4) is 0 Å². The first kappa shape index (κ1) is 23.6. The third-order valence-electron chi connectivity index (χ3n) is 6.50. The number of benzene rings is 3. The molecule has 1 heterocycles. The van der Waals surface area contributed by atoms with Gasteiger partial charge in [0.1, 0.15) is 16.4 Å². The second kappa shape index (κ2) is 9.83. The van der Waals surface area contributed by atoms with Crippen molar-refractivity contribution >= 4 is 40.2 Å². The highest BCUT2D eigenvalue weighted by Gasteiger charge is 2.35. The van der Waals surface area contributed by atoms with E-state index in [4.69, 9.17) is 11.6 Å². The second-order valence-electron chi connectivity index (χ2n) is 8.64. The molecule has 0 spiro atoms. The molecule has 8 nitrogen and oxygen atoms in total. The highest BCUT2D eigenvalue weighted by atomic mass is 35.5. The van der Waals surface area contributed by atoms with Crippen LogP contribution in [0.25, 0.3) is 0 Å². The van der Waals surface area contributed by atoms with E-state index >= 15 is 0 Å². The number of hydrogen-bond donors (Lipinski definition) is 1. The van der Waals surface area contributed by atoms with Crippen LogP contribution >= 0.6 is 11.6 Å². The average Bonchev–Trinajstić information content (AvgIpc) is 2.91. The largest absolute Gasteiger partial charge is 0.375 e. The van der Waals surface area contributed by atoms with Crippen molar-refractivity contribution in [2.75, 3.05) is 36.4 Å². The van der Waals surface area contributed by atoms with Gasteiger partial charge < -0.3 is 15.1 Å². The van der Waals surface area contributed by atoms with Gasteiger partial charge in [0.15, 0.2) is 0 Å². The summed E-state index contributed by atoms with van der Waals surface area (Å²) in [6.07, 6.45) is 0. The number of nitrogens with one attached hydrogen (secondary N) is 1. The molecule has 0 radical (unpaired) electrons. The second-order valence-corrected chi connectivity index (χ2v) is 9.02. The number of piperazine rings is 1. The number of halogens is 1. The van der Waals surface area contributed by atoms with Crippen LogP contribution in [0.2, 0.25) is 0 Å². The Hall–Kier alpha value is -4.17. The topological polar surface area (TPSA) is 95.8 Å². The molecule has 3 aromatic rings. The van der Waals surface area contributed by atoms with Crippen LogP contribution in [0.5, 0.6) is 0 Å². The number of carbonyl (C=O) groups excluding carboxylic acids is 2. The van der Waals surface area contributed by atoms with E-state index in [1.807, 2.05) is 35.2 Å². The zero-order valence-electron chi connectivity index (χ0n) is 19.3. The van der Waals surface area contributed by atoms with Crippen LogP contribution in [-0.2, 0) is 6.54 Å². The molecule has 36 heavy (non-hydrogen) atoms. The molecule has 0 amide bonds. The Labute approximate surface area is 212 Å². The van der Waals surface area contributed by atoms with Gasteiger partial charge in [0.25, 0.3) is 5.69 Å². The third kappa shape index (κ3) is 4.43. The number of fused-ring (bicyclic) bond motifs is 1. The summed E-state index contributed by atoms with van der Waals surface area (Å²) in [5.41, 5.74) is 3.25. The standard InChI is InChI=1S/C27H23ClN4O4/c28-24-25(27(34)21-9-5-4-8-20(21)26(24)33)31-14-12-30(13-15-31)19-10-11-23(32(35)36)22(16-19)29-17-18-6-2-1-3-7-18/h1-11,16,29H,12-15,17H2. The van der Waals surface area contributed by atoms with Crippen LogP contribution in [0, 0.1) is 10.1 Å². The molecular formula is C27H23ClN4O4. The van der Waals surface area contributed by atoms with Crippen LogP contribution in [-0.4, -0.2) is 47.6 Å². The van der Waals surface area contributed by atoms with E-state index < -0.39 is 4.92 Å². The molecule has 1 saturated heterocycles. The first-order valence-electron chi connectivity index (χ1n) is 11.6. The molecule has 0 bridgehead atoms. The highest BCUT2D eigenvalue weighted by molar-refractivity contribution is 6.49. The van der Waals surface area contributed by atoms with Gasteiger partial charge in [-0.2, -0.15) is 0 Å². The zero-order valence-corrected chi connectivity index (χ0v) is 20.1. The van der Waals surface area contributed by atoms with Crippen molar-refractivity contribution in [3.63, 3.8) is 0 Å². The van der Waals surface area contributed by atoms with Crippen molar-refractivity contribution in [1.82, 2.24) is 4.90 Å². The molecule has 1 aliphatic carbocycles. The number of nitro benzene ring substituents is 1. The lowest BCUT2D eigenvalue weighted by atomic mass is 9.91. The summed E-state index contributed by atoms with van der Waals surface area (Å²) in [7, 11) is 0. The molecular weight excluding hydrogens is 480 g/mol. The lowest BCUT2D eigenvalue weighted by molar-refractivity contribution is -0.384. The van der Waals surface area contributed by atoms with Crippen LogP contribution in [0.1, 0.15) is 26.3 Å². The minimum Gasteiger partial charge on any atom is -0.375 e. The van der Waals surface area contributed by atoms with Crippen LogP contribution in [0.4, 0.5) is 17.1 Å². The maximum Gasteiger partial charge on any atom is 0.292 e. The highest BCUT2D eigenvalue weighted by Crippen LogP contribution is 2.33. The Morgan fingerprint density at radius 2 is 1.44 bits per heavy atom. The molecule has 0 unspecified atom stereocenters. The molecule has 9 heteroatoms. The molecule has 1 N–H and O–H groups in total. The molecule has 2 aliphatic rings. The van der Waals surface area contributed by atoms with Crippen molar-refractivity contribution in [1.29, 1.82) is 0 Å². The first-order valence-corrected chi connectivity index (χ1v) is 12.0. The number of hydrogen-bond acceptors (Lipinski definition) is 7. The average molecular weight is 503 g/mol. The summed E-state index contributed by atoms with van der Waals surface area (Å²) in [6, 6.07) is 21.4. The number of rotatable bonds is 6. The lowest BCUT2D eigenvalue weighted by Crippen LogP contribution is -2.48. The number of nitro groups is 1. The Balaban J connectivity index is 1.32. The quantitative estimate of drug-likeness (QED) is 0.380. The molecule has 0 saturated carbocycles. The summed E-state index contributed by atoms with van der Waals surface area (Å²) in [4.78, 5) is 41.0. The van der Waals surface area contributed by atoms with Gasteiger partial charge in [-0.05, 0) is 17.7 Å². The monoisotopic (exact) mass is 502 g/mol. The first-order chi connectivity index (χ1) is 17.4. The van der Waals surface area contributed by atoms with Crippen molar-refractivity contribution in [3.05, 3.63) is 110 Å². The molecule has 1 aliphatic heterocycles. The summed E-state index contributed by atoms with van der Waals surface area (Å²) in [5.74, 6) is -0.583. The van der Waals surface area contributed by atoms with Gasteiger partial charge in [-0.15, -0.1) is 0 Å². The fourth-order valence-corrected chi connectivity index (χ4v) is 4.92. The minimum atomic E-state index is -0.396. The van der Waals surface area contributed by atoms with Gasteiger partial charge in [0, 0.05) is 55.6 Å². The third-order valence-corrected chi connectivity index (χ3v) is 6.85. The van der Waals surface area contributed by atoms with E-state index in [2.05, 4.69) is 10.2 Å². The number of carbonyl (C=O) groups is 2. The summed E-state index contributed by atoms with van der Waals surface area (Å²) in [6.45, 7) is 2.55. The van der Waals surface area contributed by atoms with E-state index in [0.717, 1.165) is 11.3 Å². The van der Waals surface area contributed by atoms with E-state index in [1.165, 1.54) is 6.07 Å². The number of ketones is 2. The fourth-order valence-electron chi connectivity index (χ4n) is 4.62. The van der Waals surface area contributed by atoms with Gasteiger partial charge in [0.05, 0.1) is 4.92 Å². The maximum absolute atomic E-state index is 13.1. The molecule has 0 atom stereocenters. The normalized spacial score (nSPS) is 15.7. The maximum atomic E-state index is 13.1. The van der Waals surface area contributed by atoms with Crippen molar-refractivity contribution in [2.24, 2.45) is 0 Å². The molecule has 5 rings (SSSR count). The number of allylic oxidation sites excluding steroid dienone is 2. The van der Waals surface area contributed by atoms with Crippen LogP contribution in [0.15, 0.2) is 83.5 Å². The predicted molar refractivity (Wildman–Crippen MR) is 139 cm³/mol. The number of nitrogens with zero attached hydrogens (tertiary/aromatic N) is 3. The van der Waals surface area contributed by atoms with E-state index in [0.29, 0.717) is 49.5 Å². The van der Waals surface area contributed by atoms with Gasteiger partial charge in [-0.3, -0.25) is 19.7 Å². The Bertz CT molecular complexity index is 1380. The molecule has 182 valence electrons. The SMILES string of the molecule is O=C1C(Cl)=C(N2CCN(c3ccc([N+](=O)[O-])c(NCc4ccccc4)c3)CC2)C(=O)c2ccccc21.